The van der Waals surface area contributed by atoms with Crippen LogP contribution in [0.2, 0.25) is 0 Å². The number of carbonyl (C=O) groups excluding carboxylic acids is 3. The van der Waals surface area contributed by atoms with Gasteiger partial charge in [0.15, 0.2) is 0 Å². The van der Waals surface area contributed by atoms with Gasteiger partial charge in [-0.15, -0.1) is 0 Å². The van der Waals surface area contributed by atoms with Gasteiger partial charge in [0.05, 0.1) is 18.4 Å². The van der Waals surface area contributed by atoms with E-state index in [4.69, 9.17) is 4.42 Å². The number of nitrogens with one attached hydrogen (secondary N) is 1. The predicted molar refractivity (Wildman–Crippen MR) is 97.5 cm³/mol. The summed E-state index contributed by atoms with van der Waals surface area (Å²) in [4.78, 5) is 40.6. The maximum atomic E-state index is 12.8. The van der Waals surface area contributed by atoms with Gasteiger partial charge in [-0.25, -0.2) is 0 Å². The molecule has 26 heavy (non-hydrogen) atoms. The molecule has 1 N–H and O–H groups in total. The number of hydrogen-bond donors (Lipinski definition) is 1. The molecule has 1 fully saturated rings. The molecule has 0 radical (unpaired) electrons. The molecule has 7 nitrogen and oxygen atoms in total. The highest BCUT2D eigenvalue weighted by atomic mass is 16.3. The molecule has 0 aliphatic carbocycles. The highest BCUT2D eigenvalue weighted by molar-refractivity contribution is 5.94. The summed E-state index contributed by atoms with van der Waals surface area (Å²) >= 11 is 0. The molecule has 1 aliphatic heterocycles. The van der Waals surface area contributed by atoms with Gasteiger partial charge in [-0.05, 0) is 46.6 Å². The molecule has 0 bridgehead atoms. The molecule has 1 aromatic heterocycles. The summed E-state index contributed by atoms with van der Waals surface area (Å²) in [6, 6.07) is 1.65. The molecule has 0 atom stereocenters. The van der Waals surface area contributed by atoms with E-state index in [2.05, 4.69) is 5.32 Å². The zero-order valence-electron chi connectivity index (χ0n) is 16.1. The molecule has 1 aliphatic rings. The van der Waals surface area contributed by atoms with Crippen LogP contribution in [-0.2, 0) is 9.59 Å². The predicted octanol–water partition coefficient (Wildman–Crippen LogP) is 1.89. The zero-order chi connectivity index (χ0) is 19.3. The number of furan rings is 1. The second-order valence-electron chi connectivity index (χ2n) is 7.73. The standard InChI is InChI=1S/C19H29N3O4/c1-5-21(12-16(23)20-19(2,3)4)17(24)14-6-9-22(10-7-14)18(25)15-8-11-26-13-15/h8,11,13-14H,5-7,9-10,12H2,1-4H3,(H,20,23). The number of likely N-dealkylation sites (N-methyl/N-ethyl adjacent to an activating group) is 1. The Balaban J connectivity index is 1.87. The van der Waals surface area contributed by atoms with Crippen molar-refractivity contribution in [2.75, 3.05) is 26.2 Å². The first-order chi connectivity index (χ1) is 12.2. The van der Waals surface area contributed by atoms with Gasteiger partial charge < -0.3 is 19.5 Å². The summed E-state index contributed by atoms with van der Waals surface area (Å²) in [7, 11) is 0. The highest BCUT2D eigenvalue weighted by Crippen LogP contribution is 2.21. The van der Waals surface area contributed by atoms with Crippen molar-refractivity contribution in [1.29, 1.82) is 0 Å². The minimum absolute atomic E-state index is 0.00744. The number of nitrogens with zero attached hydrogens (tertiary/aromatic N) is 2. The molecule has 0 unspecified atom stereocenters. The van der Waals surface area contributed by atoms with Crippen LogP contribution in [-0.4, -0.2) is 59.2 Å². The van der Waals surface area contributed by atoms with E-state index >= 15 is 0 Å². The van der Waals surface area contributed by atoms with Crippen LogP contribution >= 0.6 is 0 Å². The largest absolute Gasteiger partial charge is 0.472 e. The van der Waals surface area contributed by atoms with E-state index < -0.39 is 0 Å². The van der Waals surface area contributed by atoms with Crippen LogP contribution in [0.25, 0.3) is 0 Å². The topological polar surface area (TPSA) is 82.9 Å². The van der Waals surface area contributed by atoms with Crippen LogP contribution in [0.5, 0.6) is 0 Å². The average molecular weight is 363 g/mol. The maximum Gasteiger partial charge on any atom is 0.257 e. The van der Waals surface area contributed by atoms with E-state index in [1.165, 1.54) is 12.5 Å². The van der Waals surface area contributed by atoms with Crippen LogP contribution in [0.1, 0.15) is 50.9 Å². The van der Waals surface area contributed by atoms with Crippen LogP contribution in [0, 0.1) is 5.92 Å². The summed E-state index contributed by atoms with van der Waals surface area (Å²) in [6.07, 6.45) is 4.14. The second kappa shape index (κ2) is 8.38. The van der Waals surface area contributed by atoms with Gasteiger partial charge in [0.1, 0.15) is 6.26 Å². The summed E-state index contributed by atoms with van der Waals surface area (Å²) in [6.45, 7) is 9.24. The Morgan fingerprint density at radius 3 is 2.42 bits per heavy atom. The van der Waals surface area contributed by atoms with E-state index in [-0.39, 0.29) is 35.7 Å². The number of piperidine rings is 1. The summed E-state index contributed by atoms with van der Waals surface area (Å²) in [5.41, 5.74) is 0.210. The molecule has 144 valence electrons. The quantitative estimate of drug-likeness (QED) is 0.866. The van der Waals surface area contributed by atoms with Gasteiger partial charge in [0, 0.05) is 31.1 Å². The van der Waals surface area contributed by atoms with Gasteiger partial charge in [-0.3, -0.25) is 14.4 Å². The van der Waals surface area contributed by atoms with Gasteiger partial charge in [-0.1, -0.05) is 0 Å². The maximum absolute atomic E-state index is 12.8. The fourth-order valence-electron chi connectivity index (χ4n) is 3.13. The van der Waals surface area contributed by atoms with Crippen molar-refractivity contribution in [3.8, 4) is 0 Å². The van der Waals surface area contributed by atoms with E-state index in [1.807, 2.05) is 27.7 Å². The van der Waals surface area contributed by atoms with Crippen molar-refractivity contribution in [3.63, 3.8) is 0 Å². The van der Waals surface area contributed by atoms with Crippen molar-refractivity contribution in [2.24, 2.45) is 5.92 Å². The van der Waals surface area contributed by atoms with Crippen molar-refractivity contribution >= 4 is 17.7 Å². The Bertz CT molecular complexity index is 626. The highest BCUT2D eigenvalue weighted by Gasteiger charge is 2.31. The average Bonchev–Trinajstić information content (AvgIpc) is 3.11. The summed E-state index contributed by atoms with van der Waals surface area (Å²) < 4.78 is 4.96. The molecule has 2 heterocycles. The van der Waals surface area contributed by atoms with Crippen molar-refractivity contribution < 1.29 is 18.8 Å². The molecular formula is C19H29N3O4. The lowest BCUT2D eigenvalue weighted by molar-refractivity contribution is -0.140. The van der Waals surface area contributed by atoms with Crippen molar-refractivity contribution in [3.05, 3.63) is 24.2 Å². The lowest BCUT2D eigenvalue weighted by Crippen LogP contribution is -2.49. The van der Waals surface area contributed by atoms with Crippen LogP contribution in [0.4, 0.5) is 0 Å². The van der Waals surface area contributed by atoms with Gasteiger partial charge in [0.25, 0.3) is 5.91 Å². The Hall–Kier alpha value is -2.31. The van der Waals surface area contributed by atoms with Crippen LogP contribution < -0.4 is 5.32 Å². The van der Waals surface area contributed by atoms with E-state index in [0.717, 1.165) is 0 Å². The van der Waals surface area contributed by atoms with E-state index in [0.29, 0.717) is 38.0 Å². The van der Waals surface area contributed by atoms with Crippen molar-refractivity contribution in [2.45, 2.75) is 46.1 Å². The lowest BCUT2D eigenvalue weighted by Gasteiger charge is -2.34. The first-order valence-electron chi connectivity index (χ1n) is 9.12. The molecular weight excluding hydrogens is 334 g/mol. The minimum atomic E-state index is -0.321. The number of carbonyl (C=O) groups is 3. The third-order valence-electron chi connectivity index (χ3n) is 4.44. The smallest absolute Gasteiger partial charge is 0.257 e. The normalized spacial score (nSPS) is 15.6. The SMILES string of the molecule is CCN(CC(=O)NC(C)(C)C)C(=O)C1CCN(C(=O)c2ccoc2)CC1. The van der Waals surface area contributed by atoms with Crippen LogP contribution in [0.15, 0.2) is 23.0 Å². The molecule has 0 saturated carbocycles. The third kappa shape index (κ3) is 5.34. The number of rotatable bonds is 5. The molecule has 2 rings (SSSR count). The molecule has 1 aromatic rings. The Morgan fingerprint density at radius 1 is 1.27 bits per heavy atom. The zero-order valence-corrected chi connectivity index (χ0v) is 16.1. The lowest BCUT2D eigenvalue weighted by atomic mass is 9.94. The Kier molecular flexibility index (Phi) is 6.45. The Labute approximate surface area is 154 Å². The van der Waals surface area contributed by atoms with Gasteiger partial charge >= 0.3 is 0 Å². The number of likely N-dealkylation sites (tertiary alicyclic amines) is 1. The monoisotopic (exact) mass is 363 g/mol. The Morgan fingerprint density at radius 2 is 1.92 bits per heavy atom. The van der Waals surface area contributed by atoms with Crippen molar-refractivity contribution in [1.82, 2.24) is 15.1 Å². The first kappa shape index (κ1) is 20.0. The number of amides is 3. The fraction of sp³-hybridized carbons (Fsp3) is 0.632. The summed E-state index contributed by atoms with van der Waals surface area (Å²) in [5.74, 6) is -0.375. The summed E-state index contributed by atoms with van der Waals surface area (Å²) in [5, 5.41) is 2.88. The molecule has 0 aromatic carbocycles. The second-order valence-corrected chi connectivity index (χ2v) is 7.73. The third-order valence-corrected chi connectivity index (χ3v) is 4.44. The first-order valence-corrected chi connectivity index (χ1v) is 9.12. The minimum Gasteiger partial charge on any atom is -0.472 e. The molecule has 0 spiro atoms. The number of hydrogen-bond acceptors (Lipinski definition) is 4. The van der Waals surface area contributed by atoms with Crippen LogP contribution in [0.3, 0.4) is 0 Å². The van der Waals surface area contributed by atoms with Gasteiger partial charge in [-0.2, -0.15) is 0 Å². The fourth-order valence-corrected chi connectivity index (χ4v) is 3.13. The molecule has 7 heteroatoms. The van der Waals surface area contributed by atoms with Gasteiger partial charge in [0.2, 0.25) is 11.8 Å². The molecule has 3 amide bonds. The van der Waals surface area contributed by atoms with E-state index in [1.54, 1.807) is 15.9 Å². The molecule has 1 saturated heterocycles. The van der Waals surface area contributed by atoms with E-state index in [9.17, 15) is 14.4 Å².